The van der Waals surface area contributed by atoms with Crippen molar-refractivity contribution in [2.24, 2.45) is 5.92 Å². The van der Waals surface area contributed by atoms with Gasteiger partial charge in [-0.1, -0.05) is 0 Å². The van der Waals surface area contributed by atoms with Crippen LogP contribution in [0.25, 0.3) is 0 Å². The van der Waals surface area contributed by atoms with Crippen molar-refractivity contribution in [3.63, 3.8) is 0 Å². The van der Waals surface area contributed by atoms with Crippen LogP contribution in [-0.4, -0.2) is 28.7 Å². The third-order valence-electron chi connectivity index (χ3n) is 2.68. The minimum absolute atomic E-state index is 0.0926. The Bertz CT molecular complexity index is 310. The van der Waals surface area contributed by atoms with E-state index in [2.05, 4.69) is 6.07 Å². The van der Waals surface area contributed by atoms with Crippen LogP contribution < -0.4 is 0 Å². The maximum absolute atomic E-state index is 11.7. The Morgan fingerprint density at radius 2 is 2.07 bits per heavy atom. The topological polar surface area (TPSA) is 53.3 Å². The summed E-state index contributed by atoms with van der Waals surface area (Å²) in [5.41, 5.74) is -0.887. The lowest BCUT2D eigenvalue weighted by Crippen LogP contribution is -2.65. The standard InChI is InChI=1S/C11H18N2O2/c1-10(2,3)15-9(14)13-7-8(6-12)11(13,4)5/h8H,7H2,1-5H3/t8-/m0/s1. The van der Waals surface area contributed by atoms with E-state index in [4.69, 9.17) is 10.00 Å². The molecule has 0 N–H and O–H groups in total. The van der Waals surface area contributed by atoms with Crippen molar-refractivity contribution in [3.05, 3.63) is 0 Å². The first-order valence-corrected chi connectivity index (χ1v) is 5.09. The van der Waals surface area contributed by atoms with Crippen LogP contribution in [0.1, 0.15) is 34.6 Å². The molecule has 1 amide bonds. The van der Waals surface area contributed by atoms with Crippen molar-refractivity contribution in [2.75, 3.05) is 6.54 Å². The number of hydrogen-bond acceptors (Lipinski definition) is 3. The van der Waals surface area contributed by atoms with E-state index in [1.165, 1.54) is 0 Å². The van der Waals surface area contributed by atoms with E-state index in [1.807, 2.05) is 34.6 Å². The zero-order valence-electron chi connectivity index (χ0n) is 10.00. The molecule has 15 heavy (non-hydrogen) atoms. The summed E-state index contributed by atoms with van der Waals surface area (Å²) in [6.07, 6.45) is -0.334. The lowest BCUT2D eigenvalue weighted by atomic mass is 9.78. The van der Waals surface area contributed by atoms with Gasteiger partial charge in [-0.05, 0) is 34.6 Å². The van der Waals surface area contributed by atoms with Crippen molar-refractivity contribution < 1.29 is 9.53 Å². The number of nitrogens with zero attached hydrogens (tertiary/aromatic N) is 2. The maximum Gasteiger partial charge on any atom is 0.410 e. The summed E-state index contributed by atoms with van der Waals surface area (Å²) < 4.78 is 5.25. The monoisotopic (exact) mass is 210 g/mol. The molecule has 1 rings (SSSR count). The number of likely N-dealkylation sites (tertiary alicyclic amines) is 1. The van der Waals surface area contributed by atoms with E-state index in [0.29, 0.717) is 6.54 Å². The van der Waals surface area contributed by atoms with Crippen LogP contribution in [0.3, 0.4) is 0 Å². The van der Waals surface area contributed by atoms with Crippen molar-refractivity contribution in [1.82, 2.24) is 4.90 Å². The molecule has 1 heterocycles. The van der Waals surface area contributed by atoms with Gasteiger partial charge in [-0.25, -0.2) is 4.79 Å². The summed E-state index contributed by atoms with van der Waals surface area (Å²) in [5, 5.41) is 8.82. The highest BCUT2D eigenvalue weighted by Crippen LogP contribution is 2.36. The molecular formula is C11H18N2O2. The number of nitriles is 1. The summed E-state index contributed by atoms with van der Waals surface area (Å²) in [4.78, 5) is 13.3. The van der Waals surface area contributed by atoms with Crippen LogP contribution in [0.15, 0.2) is 0 Å². The predicted molar refractivity (Wildman–Crippen MR) is 56.1 cm³/mol. The molecule has 0 radical (unpaired) electrons. The first kappa shape index (κ1) is 11.8. The van der Waals surface area contributed by atoms with Crippen molar-refractivity contribution in [1.29, 1.82) is 5.26 Å². The van der Waals surface area contributed by atoms with Gasteiger partial charge in [0.1, 0.15) is 5.60 Å². The second-order valence-corrected chi connectivity index (χ2v) is 5.43. The number of rotatable bonds is 0. The Morgan fingerprint density at radius 3 is 2.40 bits per heavy atom. The zero-order valence-corrected chi connectivity index (χ0v) is 10.00. The van der Waals surface area contributed by atoms with Gasteiger partial charge in [0.15, 0.2) is 0 Å². The van der Waals surface area contributed by atoms with Gasteiger partial charge in [-0.2, -0.15) is 5.26 Å². The molecule has 1 fully saturated rings. The second-order valence-electron chi connectivity index (χ2n) is 5.43. The van der Waals surface area contributed by atoms with Gasteiger partial charge in [0.05, 0.1) is 17.5 Å². The number of amides is 1. The van der Waals surface area contributed by atoms with Crippen LogP contribution in [0.5, 0.6) is 0 Å². The molecule has 0 unspecified atom stereocenters. The highest BCUT2D eigenvalue weighted by molar-refractivity contribution is 5.70. The van der Waals surface area contributed by atoms with Gasteiger partial charge in [0.2, 0.25) is 0 Å². The number of hydrogen-bond donors (Lipinski definition) is 0. The Hall–Kier alpha value is -1.24. The fraction of sp³-hybridized carbons (Fsp3) is 0.818. The van der Waals surface area contributed by atoms with E-state index in [0.717, 1.165) is 0 Å². The van der Waals surface area contributed by atoms with E-state index >= 15 is 0 Å². The molecule has 84 valence electrons. The summed E-state index contributed by atoms with van der Waals surface area (Å²) >= 11 is 0. The van der Waals surface area contributed by atoms with Gasteiger partial charge in [-0.3, -0.25) is 0 Å². The minimum Gasteiger partial charge on any atom is -0.444 e. The molecule has 0 saturated carbocycles. The Labute approximate surface area is 90.8 Å². The molecule has 1 aliphatic heterocycles. The first-order chi connectivity index (χ1) is 6.68. The molecule has 0 aliphatic carbocycles. The summed E-state index contributed by atoms with van der Waals surface area (Å²) in [7, 11) is 0. The highest BCUT2D eigenvalue weighted by atomic mass is 16.6. The number of ether oxygens (including phenoxy) is 1. The Balaban J connectivity index is 2.63. The van der Waals surface area contributed by atoms with Gasteiger partial charge < -0.3 is 9.64 Å². The normalized spacial score (nSPS) is 24.0. The SMILES string of the molecule is CC(C)(C)OC(=O)N1C[C@H](C#N)C1(C)C. The van der Waals surface area contributed by atoms with Gasteiger partial charge >= 0.3 is 6.09 Å². The fourth-order valence-electron chi connectivity index (χ4n) is 1.54. The van der Waals surface area contributed by atoms with E-state index in [9.17, 15) is 4.79 Å². The highest BCUT2D eigenvalue weighted by Gasteiger charge is 2.50. The third-order valence-corrected chi connectivity index (χ3v) is 2.68. The van der Waals surface area contributed by atoms with Crippen molar-refractivity contribution in [3.8, 4) is 6.07 Å². The number of carbonyl (C=O) groups excluding carboxylic acids is 1. The molecule has 0 aromatic heterocycles. The third kappa shape index (κ3) is 2.23. The van der Waals surface area contributed by atoms with Crippen LogP contribution in [0, 0.1) is 17.2 Å². The Kier molecular flexibility index (Phi) is 2.69. The molecule has 4 nitrogen and oxygen atoms in total. The van der Waals surface area contributed by atoms with E-state index in [1.54, 1.807) is 4.90 Å². The van der Waals surface area contributed by atoms with Crippen LogP contribution in [-0.2, 0) is 4.74 Å². The predicted octanol–water partition coefficient (Wildman–Crippen LogP) is 2.16. The Morgan fingerprint density at radius 1 is 1.53 bits per heavy atom. The van der Waals surface area contributed by atoms with E-state index in [-0.39, 0.29) is 12.0 Å². The lowest BCUT2D eigenvalue weighted by molar-refractivity contribution is -0.0515. The number of carbonyl (C=O) groups is 1. The average molecular weight is 210 g/mol. The molecule has 0 aromatic carbocycles. The lowest BCUT2D eigenvalue weighted by Gasteiger charge is -2.51. The van der Waals surface area contributed by atoms with Crippen molar-refractivity contribution >= 4 is 6.09 Å². The summed E-state index contributed by atoms with van der Waals surface area (Å²) in [5.74, 6) is -0.0926. The molecule has 1 atom stereocenters. The maximum atomic E-state index is 11.7. The van der Waals surface area contributed by atoms with Crippen LogP contribution >= 0.6 is 0 Å². The molecule has 0 aromatic rings. The molecule has 4 heteroatoms. The van der Waals surface area contributed by atoms with E-state index < -0.39 is 11.1 Å². The van der Waals surface area contributed by atoms with Gasteiger partial charge in [-0.15, -0.1) is 0 Å². The average Bonchev–Trinajstić information content (AvgIpc) is 1.99. The largest absolute Gasteiger partial charge is 0.444 e. The molecular weight excluding hydrogens is 192 g/mol. The smallest absolute Gasteiger partial charge is 0.410 e. The molecule has 0 spiro atoms. The summed E-state index contributed by atoms with van der Waals surface area (Å²) in [6.45, 7) is 9.74. The first-order valence-electron chi connectivity index (χ1n) is 5.09. The zero-order chi connectivity index (χ0) is 11.9. The van der Waals surface area contributed by atoms with Gasteiger partial charge in [0.25, 0.3) is 0 Å². The minimum atomic E-state index is -0.481. The molecule has 0 bridgehead atoms. The fourth-order valence-corrected chi connectivity index (χ4v) is 1.54. The second kappa shape index (κ2) is 3.41. The summed E-state index contributed by atoms with van der Waals surface area (Å²) in [6, 6.07) is 2.19. The van der Waals surface area contributed by atoms with Gasteiger partial charge in [0, 0.05) is 6.54 Å². The quantitative estimate of drug-likeness (QED) is 0.615. The van der Waals surface area contributed by atoms with Crippen LogP contribution in [0.4, 0.5) is 4.79 Å². The molecule has 1 aliphatic rings. The molecule has 1 saturated heterocycles. The van der Waals surface area contributed by atoms with Crippen molar-refractivity contribution in [2.45, 2.75) is 45.8 Å². The van der Waals surface area contributed by atoms with Crippen LogP contribution in [0.2, 0.25) is 0 Å².